The van der Waals surface area contributed by atoms with Crippen molar-refractivity contribution < 1.29 is 4.39 Å². The molecule has 0 aliphatic heterocycles. The fourth-order valence-electron chi connectivity index (χ4n) is 1.34. The van der Waals surface area contributed by atoms with E-state index in [1.807, 2.05) is 12.1 Å². The Labute approximate surface area is 112 Å². The molecule has 1 aromatic heterocycles. The van der Waals surface area contributed by atoms with Gasteiger partial charge >= 0.3 is 0 Å². The van der Waals surface area contributed by atoms with Crippen molar-refractivity contribution in [2.24, 2.45) is 0 Å². The van der Waals surface area contributed by atoms with Gasteiger partial charge in [-0.3, -0.25) is 0 Å². The van der Waals surface area contributed by atoms with Gasteiger partial charge in [-0.05, 0) is 18.2 Å². The second-order valence-electron chi connectivity index (χ2n) is 3.41. The van der Waals surface area contributed by atoms with Crippen molar-refractivity contribution in [2.75, 3.05) is 11.1 Å². The first-order chi connectivity index (χ1) is 8.06. The number of benzene rings is 1. The molecule has 0 fully saturated rings. The molecule has 2 aromatic rings. The Bertz CT molecular complexity index is 542. The summed E-state index contributed by atoms with van der Waals surface area (Å²) < 4.78 is 13.8. The molecule has 0 aliphatic rings. The van der Waals surface area contributed by atoms with Gasteiger partial charge in [0, 0.05) is 17.5 Å². The van der Waals surface area contributed by atoms with E-state index in [0.717, 1.165) is 9.21 Å². The number of halogens is 3. The van der Waals surface area contributed by atoms with Crippen LogP contribution in [-0.2, 0) is 6.54 Å². The molecule has 0 spiro atoms. The summed E-state index contributed by atoms with van der Waals surface area (Å²) >= 11 is 13.0. The molecule has 0 atom stereocenters. The predicted octanol–water partition coefficient (Wildman–Crippen LogP) is 4.39. The topological polar surface area (TPSA) is 38.0 Å². The van der Waals surface area contributed by atoms with Gasteiger partial charge in [0.1, 0.15) is 5.82 Å². The minimum Gasteiger partial charge on any atom is -0.397 e. The molecule has 0 saturated heterocycles. The molecule has 0 bridgehead atoms. The van der Waals surface area contributed by atoms with Crippen LogP contribution >= 0.6 is 34.5 Å². The van der Waals surface area contributed by atoms with Gasteiger partial charge < -0.3 is 11.1 Å². The molecule has 90 valence electrons. The number of nitrogens with one attached hydrogen (secondary N) is 1. The van der Waals surface area contributed by atoms with Crippen LogP contribution in [0.15, 0.2) is 24.3 Å². The van der Waals surface area contributed by atoms with Crippen molar-refractivity contribution in [3.63, 3.8) is 0 Å². The van der Waals surface area contributed by atoms with Crippen molar-refractivity contribution in [2.45, 2.75) is 6.54 Å². The summed E-state index contributed by atoms with van der Waals surface area (Å²) in [6.07, 6.45) is 0. The van der Waals surface area contributed by atoms with Gasteiger partial charge in [-0.2, -0.15) is 0 Å². The quantitative estimate of drug-likeness (QED) is 0.823. The Balaban J connectivity index is 2.11. The lowest BCUT2D eigenvalue weighted by Crippen LogP contribution is -2.01. The van der Waals surface area contributed by atoms with Gasteiger partial charge in [0.05, 0.1) is 20.7 Å². The summed E-state index contributed by atoms with van der Waals surface area (Å²) in [6.45, 7) is 0.573. The van der Waals surface area contributed by atoms with Gasteiger partial charge in [-0.25, -0.2) is 4.39 Å². The molecule has 2 nitrogen and oxygen atoms in total. The third kappa shape index (κ3) is 3.03. The van der Waals surface area contributed by atoms with Crippen LogP contribution < -0.4 is 11.1 Å². The highest BCUT2D eigenvalue weighted by atomic mass is 35.5. The monoisotopic (exact) mass is 290 g/mol. The van der Waals surface area contributed by atoms with Crippen LogP contribution in [0.4, 0.5) is 15.8 Å². The van der Waals surface area contributed by atoms with Crippen LogP contribution in [0.25, 0.3) is 0 Å². The molecular weight excluding hydrogens is 282 g/mol. The number of anilines is 2. The third-order valence-electron chi connectivity index (χ3n) is 2.17. The molecule has 0 saturated carbocycles. The van der Waals surface area contributed by atoms with Gasteiger partial charge in [-0.1, -0.05) is 23.2 Å². The lowest BCUT2D eigenvalue weighted by atomic mass is 10.2. The molecule has 3 N–H and O–H groups in total. The number of nitrogen functional groups attached to an aromatic ring is 1. The van der Waals surface area contributed by atoms with E-state index in [-0.39, 0.29) is 5.02 Å². The van der Waals surface area contributed by atoms with Crippen LogP contribution in [0.3, 0.4) is 0 Å². The smallest absolute Gasteiger partial charge is 0.143 e. The van der Waals surface area contributed by atoms with Crippen LogP contribution in [0, 0.1) is 5.82 Å². The van der Waals surface area contributed by atoms with Crippen molar-refractivity contribution in [3.05, 3.63) is 44.3 Å². The van der Waals surface area contributed by atoms with Crippen molar-refractivity contribution >= 4 is 45.9 Å². The molecule has 0 amide bonds. The Morgan fingerprint density at radius 3 is 2.71 bits per heavy atom. The fraction of sp³-hybridized carbons (Fsp3) is 0.0909. The minimum absolute atomic E-state index is 0.0471. The molecule has 0 radical (unpaired) electrons. The average Bonchev–Trinajstić information content (AvgIpc) is 2.68. The average molecular weight is 291 g/mol. The van der Waals surface area contributed by atoms with E-state index < -0.39 is 5.82 Å². The van der Waals surface area contributed by atoms with E-state index >= 15 is 0 Å². The maximum absolute atomic E-state index is 13.1. The van der Waals surface area contributed by atoms with E-state index in [1.165, 1.54) is 23.5 Å². The van der Waals surface area contributed by atoms with E-state index in [1.54, 1.807) is 0 Å². The lowest BCUT2D eigenvalue weighted by Gasteiger charge is -2.09. The molecule has 1 heterocycles. The number of hydrogen-bond acceptors (Lipinski definition) is 3. The van der Waals surface area contributed by atoms with Gasteiger partial charge in [0.2, 0.25) is 0 Å². The SMILES string of the molecule is Nc1cc(F)c(Cl)cc1NCc1ccc(Cl)s1. The van der Waals surface area contributed by atoms with Crippen molar-refractivity contribution in [1.82, 2.24) is 0 Å². The zero-order valence-corrected chi connectivity index (χ0v) is 11.0. The first-order valence-electron chi connectivity index (χ1n) is 4.79. The highest BCUT2D eigenvalue weighted by Crippen LogP contribution is 2.28. The Hall–Kier alpha value is -0.970. The first kappa shape index (κ1) is 12.5. The lowest BCUT2D eigenvalue weighted by molar-refractivity contribution is 0.629. The molecule has 0 aliphatic carbocycles. The maximum Gasteiger partial charge on any atom is 0.143 e. The standard InChI is InChI=1S/C11H9Cl2FN2S/c12-7-3-10(9(15)4-8(7)14)16-5-6-1-2-11(13)17-6/h1-4,16H,5,15H2. The second-order valence-corrected chi connectivity index (χ2v) is 5.62. The first-order valence-corrected chi connectivity index (χ1v) is 6.36. The molecule has 17 heavy (non-hydrogen) atoms. The van der Waals surface area contributed by atoms with Gasteiger partial charge in [0.25, 0.3) is 0 Å². The summed E-state index contributed by atoms with van der Waals surface area (Å²) in [5, 5.41) is 3.13. The van der Waals surface area contributed by atoms with Crippen LogP contribution in [0.5, 0.6) is 0 Å². The number of hydrogen-bond donors (Lipinski definition) is 2. The van der Waals surface area contributed by atoms with E-state index in [4.69, 9.17) is 28.9 Å². The normalized spacial score (nSPS) is 10.5. The number of nitrogens with two attached hydrogens (primary N) is 1. The Kier molecular flexibility index (Phi) is 3.76. The fourth-order valence-corrected chi connectivity index (χ4v) is 2.54. The highest BCUT2D eigenvalue weighted by molar-refractivity contribution is 7.16. The Morgan fingerprint density at radius 1 is 1.29 bits per heavy atom. The van der Waals surface area contributed by atoms with Gasteiger partial charge in [0.15, 0.2) is 0 Å². The second kappa shape index (κ2) is 5.12. The van der Waals surface area contributed by atoms with Gasteiger partial charge in [-0.15, -0.1) is 11.3 Å². The molecule has 2 rings (SSSR count). The van der Waals surface area contributed by atoms with Crippen LogP contribution in [0.1, 0.15) is 4.88 Å². The zero-order chi connectivity index (χ0) is 12.4. The summed E-state index contributed by atoms with van der Waals surface area (Å²) in [5.74, 6) is -0.520. The molecular formula is C11H9Cl2FN2S. The van der Waals surface area contributed by atoms with E-state index in [0.29, 0.717) is 17.9 Å². The predicted molar refractivity (Wildman–Crippen MR) is 72.5 cm³/mol. The summed E-state index contributed by atoms with van der Waals surface area (Å²) in [4.78, 5) is 1.06. The molecule has 6 heteroatoms. The molecule has 1 aromatic carbocycles. The Morgan fingerprint density at radius 2 is 2.06 bits per heavy atom. The minimum atomic E-state index is -0.520. The zero-order valence-electron chi connectivity index (χ0n) is 8.64. The van der Waals surface area contributed by atoms with Crippen molar-refractivity contribution in [1.29, 1.82) is 0 Å². The van der Waals surface area contributed by atoms with E-state index in [9.17, 15) is 4.39 Å². The summed E-state index contributed by atoms with van der Waals surface area (Å²) in [7, 11) is 0. The van der Waals surface area contributed by atoms with Crippen LogP contribution in [-0.4, -0.2) is 0 Å². The highest BCUT2D eigenvalue weighted by Gasteiger charge is 2.06. The number of thiophene rings is 1. The summed E-state index contributed by atoms with van der Waals surface area (Å²) in [6, 6.07) is 6.42. The largest absolute Gasteiger partial charge is 0.397 e. The summed E-state index contributed by atoms with van der Waals surface area (Å²) in [5.41, 5.74) is 6.62. The number of rotatable bonds is 3. The van der Waals surface area contributed by atoms with Crippen LogP contribution in [0.2, 0.25) is 9.36 Å². The third-order valence-corrected chi connectivity index (χ3v) is 3.70. The maximum atomic E-state index is 13.1. The van der Waals surface area contributed by atoms with Crippen molar-refractivity contribution in [3.8, 4) is 0 Å². The van der Waals surface area contributed by atoms with E-state index in [2.05, 4.69) is 5.32 Å². The molecule has 0 unspecified atom stereocenters.